The number of rotatable bonds is 2. The Kier molecular flexibility index (Phi) is 4.65. The van der Waals surface area contributed by atoms with Crippen LogP contribution in [0.4, 0.5) is 0 Å². The van der Waals surface area contributed by atoms with E-state index >= 15 is 0 Å². The smallest absolute Gasteiger partial charge is 0.276 e. The maximum Gasteiger partial charge on any atom is 0.276 e. The van der Waals surface area contributed by atoms with E-state index in [0.29, 0.717) is 23.3 Å². The van der Waals surface area contributed by atoms with Gasteiger partial charge in [-0.2, -0.15) is 0 Å². The molecular weight excluding hydrogens is 326 g/mol. The first-order valence-electron chi connectivity index (χ1n) is 8.15. The minimum absolute atomic E-state index is 0. The number of nitrogens with zero attached hydrogens (tertiary/aromatic N) is 2. The lowest BCUT2D eigenvalue weighted by Gasteiger charge is -2.29. The fraction of sp³-hybridized carbons (Fsp3) is 0.444. The van der Waals surface area contributed by atoms with E-state index in [1.165, 1.54) is 11.1 Å². The van der Waals surface area contributed by atoms with E-state index in [1.54, 1.807) is 6.07 Å². The van der Waals surface area contributed by atoms with Crippen molar-refractivity contribution < 1.29 is 9.32 Å². The van der Waals surface area contributed by atoms with Gasteiger partial charge in [0.2, 0.25) is 0 Å². The molecule has 4 rings (SSSR count). The SMILES string of the molecule is Cc1cc(C(=O)N2C[C@@H]3CNC[C@@H]3[C@H]2c2ccccc2C)no1.Cl. The van der Waals surface area contributed by atoms with Crippen LogP contribution in [0.15, 0.2) is 34.9 Å². The van der Waals surface area contributed by atoms with Crippen molar-refractivity contribution in [1.82, 2.24) is 15.4 Å². The fourth-order valence-corrected chi connectivity index (χ4v) is 4.06. The van der Waals surface area contributed by atoms with Gasteiger partial charge in [-0.15, -0.1) is 12.4 Å². The lowest BCUT2D eigenvalue weighted by atomic mass is 9.87. The molecule has 6 heteroatoms. The number of benzene rings is 1. The Balaban J connectivity index is 0.00000169. The van der Waals surface area contributed by atoms with Crippen molar-refractivity contribution in [1.29, 1.82) is 0 Å². The topological polar surface area (TPSA) is 58.4 Å². The van der Waals surface area contributed by atoms with Crippen molar-refractivity contribution in [2.24, 2.45) is 11.8 Å². The molecule has 2 aliphatic heterocycles. The first kappa shape index (κ1) is 17.0. The van der Waals surface area contributed by atoms with Crippen LogP contribution in [0.1, 0.15) is 33.4 Å². The van der Waals surface area contributed by atoms with Crippen molar-refractivity contribution in [3.63, 3.8) is 0 Å². The van der Waals surface area contributed by atoms with Gasteiger partial charge < -0.3 is 14.7 Å². The maximum atomic E-state index is 13.0. The van der Waals surface area contributed by atoms with Crippen LogP contribution in [0.25, 0.3) is 0 Å². The van der Waals surface area contributed by atoms with Gasteiger partial charge in [-0.1, -0.05) is 29.4 Å². The average molecular weight is 348 g/mol. The van der Waals surface area contributed by atoms with Gasteiger partial charge in [0.25, 0.3) is 5.91 Å². The van der Waals surface area contributed by atoms with Crippen LogP contribution < -0.4 is 5.32 Å². The molecule has 5 nitrogen and oxygen atoms in total. The Bertz CT molecular complexity index is 745. The molecule has 2 aliphatic rings. The number of likely N-dealkylation sites (tertiary alicyclic amines) is 1. The zero-order valence-corrected chi connectivity index (χ0v) is 14.7. The van der Waals surface area contributed by atoms with E-state index in [-0.39, 0.29) is 24.4 Å². The van der Waals surface area contributed by atoms with Crippen LogP contribution in [0.3, 0.4) is 0 Å². The number of carbonyl (C=O) groups is 1. The van der Waals surface area contributed by atoms with Gasteiger partial charge in [-0.05, 0) is 30.9 Å². The van der Waals surface area contributed by atoms with Gasteiger partial charge in [0.1, 0.15) is 5.76 Å². The molecule has 0 aliphatic carbocycles. The predicted molar refractivity (Wildman–Crippen MR) is 93.3 cm³/mol. The second-order valence-corrected chi connectivity index (χ2v) is 6.66. The third-order valence-corrected chi connectivity index (χ3v) is 5.18. The third kappa shape index (κ3) is 2.72. The Morgan fingerprint density at radius 2 is 2.08 bits per heavy atom. The van der Waals surface area contributed by atoms with Gasteiger partial charge in [0.05, 0.1) is 6.04 Å². The molecule has 0 radical (unpaired) electrons. The minimum atomic E-state index is -0.0236. The summed E-state index contributed by atoms with van der Waals surface area (Å²) in [4.78, 5) is 15.0. The van der Waals surface area contributed by atoms with E-state index in [4.69, 9.17) is 4.52 Å². The Morgan fingerprint density at radius 3 is 2.79 bits per heavy atom. The van der Waals surface area contributed by atoms with Crippen LogP contribution in [0.2, 0.25) is 0 Å². The summed E-state index contributed by atoms with van der Waals surface area (Å²) in [6, 6.07) is 10.2. The molecule has 3 atom stereocenters. The monoisotopic (exact) mass is 347 g/mol. The van der Waals surface area contributed by atoms with Crippen molar-refractivity contribution in [2.45, 2.75) is 19.9 Å². The molecule has 3 heterocycles. The summed E-state index contributed by atoms with van der Waals surface area (Å²) in [5.41, 5.74) is 2.89. The quantitative estimate of drug-likeness (QED) is 0.907. The first-order valence-corrected chi connectivity index (χ1v) is 8.15. The molecule has 1 aromatic carbocycles. The number of aromatic nitrogens is 1. The van der Waals surface area contributed by atoms with Gasteiger partial charge in [-0.25, -0.2) is 0 Å². The van der Waals surface area contributed by atoms with Crippen LogP contribution in [0.5, 0.6) is 0 Å². The molecule has 0 saturated carbocycles. The molecule has 128 valence electrons. The summed E-state index contributed by atoms with van der Waals surface area (Å²) in [6.45, 7) is 6.65. The average Bonchev–Trinajstić information content (AvgIpc) is 3.22. The molecule has 1 amide bonds. The zero-order chi connectivity index (χ0) is 16.0. The second-order valence-electron chi connectivity index (χ2n) is 6.66. The van der Waals surface area contributed by atoms with Crippen LogP contribution in [-0.2, 0) is 0 Å². The molecule has 2 aromatic rings. The summed E-state index contributed by atoms with van der Waals surface area (Å²) >= 11 is 0. The molecule has 0 unspecified atom stereocenters. The molecule has 0 spiro atoms. The number of nitrogens with one attached hydrogen (secondary N) is 1. The van der Waals surface area contributed by atoms with Gasteiger partial charge in [0, 0.05) is 31.6 Å². The number of carbonyl (C=O) groups excluding carboxylic acids is 1. The molecule has 2 saturated heterocycles. The van der Waals surface area contributed by atoms with E-state index in [2.05, 4.69) is 35.6 Å². The van der Waals surface area contributed by atoms with Crippen molar-refractivity contribution in [3.8, 4) is 0 Å². The Labute approximate surface area is 147 Å². The first-order chi connectivity index (χ1) is 11.1. The van der Waals surface area contributed by atoms with E-state index in [0.717, 1.165) is 19.6 Å². The third-order valence-electron chi connectivity index (χ3n) is 5.18. The summed E-state index contributed by atoms with van der Waals surface area (Å²) in [5, 5.41) is 7.40. The van der Waals surface area contributed by atoms with Crippen molar-refractivity contribution in [2.75, 3.05) is 19.6 Å². The molecule has 2 fully saturated rings. The van der Waals surface area contributed by atoms with Crippen molar-refractivity contribution in [3.05, 3.63) is 52.9 Å². The predicted octanol–water partition coefficient (Wildman–Crippen LogP) is 2.75. The molecule has 24 heavy (non-hydrogen) atoms. The number of aryl methyl sites for hydroxylation is 2. The number of halogens is 1. The second kappa shape index (κ2) is 6.57. The lowest BCUT2D eigenvalue weighted by Crippen LogP contribution is -2.35. The van der Waals surface area contributed by atoms with Crippen LogP contribution in [0, 0.1) is 25.7 Å². The van der Waals surface area contributed by atoms with Crippen LogP contribution >= 0.6 is 12.4 Å². The summed E-state index contributed by atoms with van der Waals surface area (Å²) in [5.74, 6) is 1.62. The highest BCUT2D eigenvalue weighted by molar-refractivity contribution is 5.93. The molecule has 1 aromatic heterocycles. The van der Waals surface area contributed by atoms with E-state index in [9.17, 15) is 4.79 Å². The highest BCUT2D eigenvalue weighted by atomic mass is 35.5. The van der Waals surface area contributed by atoms with Gasteiger partial charge in [-0.3, -0.25) is 4.79 Å². The minimum Gasteiger partial charge on any atom is -0.361 e. The standard InChI is InChI=1S/C18H21N3O2.ClH/c1-11-5-3-4-6-14(11)17-15-9-19-8-13(15)10-21(17)18(22)16-7-12(2)23-20-16;/h3-7,13,15,17,19H,8-10H2,1-2H3;1H/t13-,15-,17+;/m0./s1. The van der Waals surface area contributed by atoms with E-state index < -0.39 is 0 Å². The van der Waals surface area contributed by atoms with Crippen molar-refractivity contribution >= 4 is 18.3 Å². The van der Waals surface area contributed by atoms with Gasteiger partial charge >= 0.3 is 0 Å². The van der Waals surface area contributed by atoms with Crippen LogP contribution in [-0.4, -0.2) is 35.6 Å². The fourth-order valence-electron chi connectivity index (χ4n) is 4.06. The summed E-state index contributed by atoms with van der Waals surface area (Å²) < 4.78 is 5.09. The Hall–Kier alpha value is -1.85. The molecular formula is C18H22ClN3O2. The number of hydrogen-bond donors (Lipinski definition) is 1. The highest BCUT2D eigenvalue weighted by Crippen LogP contribution is 2.44. The molecule has 1 N–H and O–H groups in total. The lowest BCUT2D eigenvalue weighted by molar-refractivity contribution is 0.0703. The normalized spacial score (nSPS) is 25.4. The zero-order valence-electron chi connectivity index (χ0n) is 13.9. The number of amides is 1. The van der Waals surface area contributed by atoms with E-state index in [1.807, 2.05) is 17.9 Å². The number of hydrogen-bond acceptors (Lipinski definition) is 4. The highest BCUT2D eigenvalue weighted by Gasteiger charge is 2.47. The summed E-state index contributed by atoms with van der Waals surface area (Å²) in [6.07, 6.45) is 0. The van der Waals surface area contributed by atoms with Gasteiger partial charge in [0.15, 0.2) is 5.69 Å². The largest absolute Gasteiger partial charge is 0.361 e. The maximum absolute atomic E-state index is 13.0. The Morgan fingerprint density at radius 1 is 1.29 bits per heavy atom. The molecule has 0 bridgehead atoms. The number of fused-ring (bicyclic) bond motifs is 1. The summed E-state index contributed by atoms with van der Waals surface area (Å²) in [7, 11) is 0.